The standard InChI is InChI=1S/C18H16F4N2O2S/c1-11-2-3-13(10-15(11)19)17(26)24-9-8-23-16(25)12-4-6-14(7-5-12)27-18(20,21)22/h2-7,10H,8-9H2,1H3,(H,23,25)(H,24,26). The second-order valence-electron chi connectivity index (χ2n) is 5.55. The zero-order valence-electron chi connectivity index (χ0n) is 14.2. The molecule has 0 atom stereocenters. The van der Waals surface area contributed by atoms with Gasteiger partial charge in [-0.05, 0) is 60.6 Å². The van der Waals surface area contributed by atoms with E-state index in [1.807, 2.05) is 0 Å². The Morgan fingerprint density at radius 2 is 1.44 bits per heavy atom. The molecule has 0 aromatic heterocycles. The molecule has 144 valence electrons. The van der Waals surface area contributed by atoms with Crippen molar-refractivity contribution in [1.29, 1.82) is 0 Å². The van der Waals surface area contributed by atoms with Gasteiger partial charge >= 0.3 is 5.51 Å². The third-order valence-electron chi connectivity index (χ3n) is 3.48. The van der Waals surface area contributed by atoms with Crippen LogP contribution < -0.4 is 10.6 Å². The van der Waals surface area contributed by atoms with E-state index in [0.717, 1.165) is 6.07 Å². The normalized spacial score (nSPS) is 11.1. The van der Waals surface area contributed by atoms with Gasteiger partial charge in [0.25, 0.3) is 11.8 Å². The molecule has 0 saturated carbocycles. The molecule has 2 rings (SSSR count). The van der Waals surface area contributed by atoms with Gasteiger partial charge in [-0.2, -0.15) is 13.2 Å². The fraction of sp³-hybridized carbons (Fsp3) is 0.222. The fourth-order valence-electron chi connectivity index (χ4n) is 2.10. The van der Waals surface area contributed by atoms with Crippen molar-refractivity contribution in [1.82, 2.24) is 10.6 Å². The second kappa shape index (κ2) is 8.90. The Labute approximate surface area is 157 Å². The molecule has 2 aromatic carbocycles. The number of hydrogen-bond acceptors (Lipinski definition) is 3. The summed E-state index contributed by atoms with van der Waals surface area (Å²) in [5, 5.41) is 5.08. The number of amides is 2. The van der Waals surface area contributed by atoms with E-state index in [1.54, 1.807) is 6.92 Å². The van der Waals surface area contributed by atoms with Crippen molar-refractivity contribution in [2.75, 3.05) is 13.1 Å². The number of halogens is 4. The van der Waals surface area contributed by atoms with E-state index in [2.05, 4.69) is 10.6 Å². The maximum Gasteiger partial charge on any atom is 0.446 e. The van der Waals surface area contributed by atoms with Crippen LogP contribution in [0.4, 0.5) is 17.6 Å². The maximum absolute atomic E-state index is 13.4. The summed E-state index contributed by atoms with van der Waals surface area (Å²) < 4.78 is 50.2. The molecule has 0 heterocycles. The lowest BCUT2D eigenvalue weighted by Crippen LogP contribution is -2.34. The third-order valence-corrected chi connectivity index (χ3v) is 4.22. The Bertz CT molecular complexity index is 823. The Balaban J connectivity index is 1.78. The van der Waals surface area contributed by atoms with Crippen LogP contribution in [0.25, 0.3) is 0 Å². The zero-order chi connectivity index (χ0) is 20.0. The summed E-state index contributed by atoms with van der Waals surface area (Å²) in [4.78, 5) is 23.8. The Kier molecular flexibility index (Phi) is 6.84. The van der Waals surface area contributed by atoms with Crippen molar-refractivity contribution < 1.29 is 27.2 Å². The van der Waals surface area contributed by atoms with Crippen LogP contribution in [0, 0.1) is 12.7 Å². The van der Waals surface area contributed by atoms with Crippen LogP contribution in [0.15, 0.2) is 47.4 Å². The summed E-state index contributed by atoms with van der Waals surface area (Å²) in [7, 11) is 0. The summed E-state index contributed by atoms with van der Waals surface area (Å²) in [6, 6.07) is 9.11. The Morgan fingerprint density at radius 3 is 1.96 bits per heavy atom. The average Bonchev–Trinajstić information content (AvgIpc) is 2.60. The number of alkyl halides is 3. The Morgan fingerprint density at radius 1 is 0.926 bits per heavy atom. The molecule has 2 N–H and O–H groups in total. The highest BCUT2D eigenvalue weighted by Crippen LogP contribution is 2.36. The zero-order valence-corrected chi connectivity index (χ0v) is 15.0. The van der Waals surface area contributed by atoms with E-state index in [0.29, 0.717) is 5.56 Å². The van der Waals surface area contributed by atoms with Crippen LogP contribution in [-0.4, -0.2) is 30.4 Å². The van der Waals surface area contributed by atoms with Crippen molar-refractivity contribution in [3.63, 3.8) is 0 Å². The molecule has 0 aliphatic carbocycles. The average molecular weight is 400 g/mol. The lowest BCUT2D eigenvalue weighted by molar-refractivity contribution is -0.0328. The van der Waals surface area contributed by atoms with Crippen molar-refractivity contribution in [2.24, 2.45) is 0 Å². The van der Waals surface area contributed by atoms with Gasteiger partial charge in [-0.1, -0.05) is 6.07 Å². The maximum atomic E-state index is 13.4. The molecule has 0 spiro atoms. The highest BCUT2D eigenvalue weighted by atomic mass is 32.2. The molecular weight excluding hydrogens is 384 g/mol. The van der Waals surface area contributed by atoms with Crippen LogP contribution in [0.3, 0.4) is 0 Å². The third kappa shape index (κ3) is 6.59. The largest absolute Gasteiger partial charge is 0.446 e. The second-order valence-corrected chi connectivity index (χ2v) is 6.69. The molecule has 9 heteroatoms. The van der Waals surface area contributed by atoms with E-state index in [-0.39, 0.29) is 40.9 Å². The van der Waals surface area contributed by atoms with Gasteiger partial charge in [0.05, 0.1) is 0 Å². The lowest BCUT2D eigenvalue weighted by atomic mass is 10.1. The monoisotopic (exact) mass is 400 g/mol. The molecule has 2 aromatic rings. The van der Waals surface area contributed by atoms with Gasteiger partial charge in [-0.3, -0.25) is 9.59 Å². The summed E-state index contributed by atoms with van der Waals surface area (Å²) in [6.45, 7) is 1.81. The van der Waals surface area contributed by atoms with E-state index in [1.165, 1.54) is 36.4 Å². The number of thioether (sulfide) groups is 1. The van der Waals surface area contributed by atoms with Gasteiger partial charge in [0, 0.05) is 29.1 Å². The lowest BCUT2D eigenvalue weighted by Gasteiger charge is -2.09. The number of aryl methyl sites for hydroxylation is 1. The number of rotatable bonds is 6. The van der Waals surface area contributed by atoms with Crippen molar-refractivity contribution in [3.8, 4) is 0 Å². The first kappa shape index (κ1) is 20.8. The van der Waals surface area contributed by atoms with Crippen molar-refractivity contribution in [3.05, 3.63) is 65.0 Å². The summed E-state index contributed by atoms with van der Waals surface area (Å²) in [6.07, 6.45) is 0. The molecule has 0 radical (unpaired) electrons. The number of carbonyl (C=O) groups excluding carboxylic acids is 2. The summed E-state index contributed by atoms with van der Waals surface area (Å²) in [5.74, 6) is -1.44. The van der Waals surface area contributed by atoms with Gasteiger partial charge in [-0.25, -0.2) is 4.39 Å². The van der Waals surface area contributed by atoms with Crippen molar-refractivity contribution >= 4 is 23.6 Å². The van der Waals surface area contributed by atoms with Crippen LogP contribution in [0.2, 0.25) is 0 Å². The highest BCUT2D eigenvalue weighted by Gasteiger charge is 2.29. The molecular formula is C18H16F4N2O2S. The van der Waals surface area contributed by atoms with Gasteiger partial charge < -0.3 is 10.6 Å². The minimum absolute atomic E-state index is 0.0170. The van der Waals surface area contributed by atoms with Crippen LogP contribution >= 0.6 is 11.8 Å². The Hall–Kier alpha value is -2.55. The molecule has 0 aliphatic rings. The van der Waals surface area contributed by atoms with Gasteiger partial charge in [0.15, 0.2) is 0 Å². The molecule has 0 unspecified atom stereocenters. The van der Waals surface area contributed by atoms with Crippen LogP contribution in [0.1, 0.15) is 26.3 Å². The van der Waals surface area contributed by atoms with Gasteiger partial charge in [-0.15, -0.1) is 0 Å². The number of benzene rings is 2. The van der Waals surface area contributed by atoms with Gasteiger partial charge in [0.1, 0.15) is 5.82 Å². The molecule has 27 heavy (non-hydrogen) atoms. The minimum atomic E-state index is -4.39. The van der Waals surface area contributed by atoms with E-state index < -0.39 is 23.1 Å². The molecule has 2 amide bonds. The van der Waals surface area contributed by atoms with Crippen LogP contribution in [-0.2, 0) is 0 Å². The molecule has 0 saturated heterocycles. The predicted molar refractivity (Wildman–Crippen MR) is 94.2 cm³/mol. The first-order valence-corrected chi connectivity index (χ1v) is 8.66. The van der Waals surface area contributed by atoms with Crippen molar-refractivity contribution in [2.45, 2.75) is 17.3 Å². The molecule has 0 fully saturated rings. The topological polar surface area (TPSA) is 58.2 Å². The number of hydrogen-bond donors (Lipinski definition) is 2. The van der Waals surface area contributed by atoms with Crippen LogP contribution in [0.5, 0.6) is 0 Å². The number of nitrogens with one attached hydrogen (secondary N) is 2. The van der Waals surface area contributed by atoms with E-state index >= 15 is 0 Å². The summed E-state index contributed by atoms with van der Waals surface area (Å²) in [5.41, 5.74) is -3.59. The minimum Gasteiger partial charge on any atom is -0.350 e. The highest BCUT2D eigenvalue weighted by molar-refractivity contribution is 8.00. The molecule has 0 aliphatic heterocycles. The van der Waals surface area contributed by atoms with Gasteiger partial charge in [0.2, 0.25) is 0 Å². The first-order chi connectivity index (χ1) is 12.7. The first-order valence-electron chi connectivity index (χ1n) is 7.84. The molecule has 4 nitrogen and oxygen atoms in total. The smallest absolute Gasteiger partial charge is 0.350 e. The quantitative estimate of drug-likeness (QED) is 0.439. The fourth-order valence-corrected chi connectivity index (χ4v) is 2.64. The predicted octanol–water partition coefficient (Wildman–Crippen LogP) is 3.91. The van der Waals surface area contributed by atoms with E-state index in [4.69, 9.17) is 0 Å². The molecule has 0 bridgehead atoms. The summed E-state index contributed by atoms with van der Waals surface area (Å²) >= 11 is -0.260. The SMILES string of the molecule is Cc1ccc(C(=O)NCCNC(=O)c2ccc(SC(F)(F)F)cc2)cc1F. The number of carbonyl (C=O) groups is 2. The van der Waals surface area contributed by atoms with E-state index in [9.17, 15) is 27.2 Å².